The number of fused-ring (bicyclic) bond motifs is 2. The third-order valence-electron chi connectivity index (χ3n) is 1.94. The Morgan fingerprint density at radius 2 is 1.67 bits per heavy atom. The van der Waals surface area contributed by atoms with Crippen LogP contribution in [0.3, 0.4) is 0 Å². The molecular weight excluding hydrogens is 154 g/mol. The second-order valence-corrected chi connectivity index (χ2v) is 4.22. The molecule has 0 spiro atoms. The van der Waals surface area contributed by atoms with Crippen molar-refractivity contribution >= 4 is 24.2 Å². The van der Waals surface area contributed by atoms with Gasteiger partial charge in [-0.25, -0.2) is 0 Å². The van der Waals surface area contributed by atoms with Crippen molar-refractivity contribution in [3.05, 3.63) is 0 Å². The molecule has 0 amide bonds. The number of rotatable bonds is 0. The average Bonchev–Trinajstić information content (AvgIpc) is 2.12. The maximum Gasteiger partial charge on any atom is 0.0176 e. The van der Waals surface area contributed by atoms with E-state index >= 15 is 0 Å². The molecule has 0 saturated carbocycles. The maximum atomic E-state index is 3.43. The van der Waals surface area contributed by atoms with Gasteiger partial charge in [0.05, 0.1) is 0 Å². The molecule has 0 aromatic heterocycles. The van der Waals surface area contributed by atoms with Crippen LogP contribution >= 0.6 is 24.2 Å². The van der Waals surface area contributed by atoms with Gasteiger partial charge in [-0.1, -0.05) is 0 Å². The zero-order valence-electron chi connectivity index (χ0n) is 5.30. The molecule has 1 nitrogen and oxygen atoms in total. The lowest BCUT2D eigenvalue weighted by atomic mass is 10.2. The summed E-state index contributed by atoms with van der Waals surface area (Å²) in [5.41, 5.74) is 0. The van der Waals surface area contributed by atoms with Crippen molar-refractivity contribution in [2.45, 2.75) is 23.3 Å². The van der Waals surface area contributed by atoms with E-state index in [0.717, 1.165) is 10.5 Å². The Morgan fingerprint density at radius 1 is 1.11 bits per heavy atom. The first-order chi connectivity index (χ1) is 3.95. The Morgan fingerprint density at radius 3 is 2.11 bits per heavy atom. The molecule has 3 heteroatoms. The van der Waals surface area contributed by atoms with Gasteiger partial charge in [-0.05, 0) is 12.8 Å². The van der Waals surface area contributed by atoms with Crippen molar-refractivity contribution in [3.63, 3.8) is 0 Å². The highest BCUT2D eigenvalue weighted by molar-refractivity contribution is 8.00. The molecule has 2 aliphatic rings. The van der Waals surface area contributed by atoms with Crippen molar-refractivity contribution < 1.29 is 0 Å². The predicted octanol–water partition coefficient (Wildman–Crippen LogP) is 1.28. The fraction of sp³-hybridized carbons (Fsp3) is 1.00. The van der Waals surface area contributed by atoms with Crippen molar-refractivity contribution in [1.29, 1.82) is 0 Å². The first kappa shape index (κ1) is 7.70. The van der Waals surface area contributed by atoms with Gasteiger partial charge < -0.3 is 5.32 Å². The van der Waals surface area contributed by atoms with E-state index in [4.69, 9.17) is 0 Å². The van der Waals surface area contributed by atoms with E-state index in [-0.39, 0.29) is 12.4 Å². The number of thioether (sulfide) groups is 1. The summed E-state index contributed by atoms with van der Waals surface area (Å²) < 4.78 is 0. The van der Waals surface area contributed by atoms with Crippen molar-refractivity contribution in [1.82, 2.24) is 5.32 Å². The molecule has 2 rings (SSSR count). The highest BCUT2D eigenvalue weighted by atomic mass is 35.5. The van der Waals surface area contributed by atoms with Crippen LogP contribution in [0.2, 0.25) is 0 Å². The van der Waals surface area contributed by atoms with Gasteiger partial charge in [0.25, 0.3) is 0 Å². The Labute approximate surface area is 66.4 Å². The molecule has 0 radical (unpaired) electrons. The van der Waals surface area contributed by atoms with Crippen molar-refractivity contribution in [3.8, 4) is 0 Å². The van der Waals surface area contributed by atoms with Crippen LogP contribution in [-0.4, -0.2) is 23.6 Å². The Kier molecular flexibility index (Phi) is 2.68. The average molecular weight is 166 g/mol. The van der Waals surface area contributed by atoms with E-state index in [2.05, 4.69) is 17.1 Å². The molecule has 2 fully saturated rings. The van der Waals surface area contributed by atoms with E-state index < -0.39 is 0 Å². The van der Waals surface area contributed by atoms with E-state index in [0.29, 0.717) is 0 Å². The zero-order chi connectivity index (χ0) is 5.40. The normalized spacial score (nSPS) is 40.0. The lowest BCUT2D eigenvalue weighted by Crippen LogP contribution is -2.32. The van der Waals surface area contributed by atoms with Gasteiger partial charge in [0.1, 0.15) is 0 Å². The zero-order valence-corrected chi connectivity index (χ0v) is 6.93. The minimum Gasteiger partial charge on any atom is -0.315 e. The Hall–Kier alpha value is 0.600. The standard InChI is InChI=1S/C6H11NS.ClH/c1-2-6-4-7-3-5(1)8-6;/h5-7H,1-4H2;1H/t5-,6-;/m1./s1. The van der Waals surface area contributed by atoms with Gasteiger partial charge in [0.2, 0.25) is 0 Å². The van der Waals surface area contributed by atoms with Crippen LogP contribution in [0.1, 0.15) is 12.8 Å². The second kappa shape index (κ2) is 3.13. The summed E-state index contributed by atoms with van der Waals surface area (Å²) in [4.78, 5) is 0. The molecule has 2 bridgehead atoms. The lowest BCUT2D eigenvalue weighted by Gasteiger charge is -2.18. The van der Waals surface area contributed by atoms with Crippen LogP contribution in [0.25, 0.3) is 0 Å². The maximum absolute atomic E-state index is 3.43. The number of nitrogens with one attached hydrogen (secondary N) is 1. The van der Waals surface area contributed by atoms with Crippen molar-refractivity contribution in [2.24, 2.45) is 0 Å². The second-order valence-electron chi connectivity index (χ2n) is 2.62. The molecule has 2 aliphatic heterocycles. The SMILES string of the molecule is C1C[C@@H]2CNC[C@@H]1S2.Cl. The summed E-state index contributed by atoms with van der Waals surface area (Å²) in [5, 5.41) is 5.36. The van der Waals surface area contributed by atoms with Gasteiger partial charge in [-0.2, -0.15) is 11.8 Å². The summed E-state index contributed by atoms with van der Waals surface area (Å²) in [7, 11) is 0. The molecule has 54 valence electrons. The van der Waals surface area contributed by atoms with Gasteiger partial charge in [-0.15, -0.1) is 12.4 Å². The Bertz CT molecular complexity index is 85.1. The van der Waals surface area contributed by atoms with E-state index in [1.165, 1.54) is 25.9 Å². The molecule has 1 N–H and O–H groups in total. The third kappa shape index (κ3) is 1.54. The third-order valence-corrected chi connectivity index (χ3v) is 3.51. The quantitative estimate of drug-likeness (QED) is 0.581. The van der Waals surface area contributed by atoms with Crippen LogP contribution in [-0.2, 0) is 0 Å². The minimum atomic E-state index is 0. The van der Waals surface area contributed by atoms with E-state index in [1.54, 1.807) is 0 Å². The number of halogens is 1. The summed E-state index contributed by atoms with van der Waals surface area (Å²) in [6, 6.07) is 0. The van der Waals surface area contributed by atoms with Gasteiger partial charge in [0.15, 0.2) is 0 Å². The smallest absolute Gasteiger partial charge is 0.0176 e. The van der Waals surface area contributed by atoms with Crippen LogP contribution in [0.5, 0.6) is 0 Å². The van der Waals surface area contributed by atoms with Crippen LogP contribution < -0.4 is 5.32 Å². The van der Waals surface area contributed by atoms with Crippen LogP contribution in [0.4, 0.5) is 0 Å². The largest absolute Gasteiger partial charge is 0.315 e. The van der Waals surface area contributed by atoms with Crippen molar-refractivity contribution in [2.75, 3.05) is 13.1 Å². The first-order valence-corrected chi connectivity index (χ1v) is 4.25. The summed E-state index contributed by atoms with van der Waals surface area (Å²) >= 11 is 2.19. The molecule has 2 saturated heterocycles. The molecule has 2 heterocycles. The summed E-state index contributed by atoms with van der Waals surface area (Å²) in [6.45, 7) is 2.53. The molecule has 0 aliphatic carbocycles. The minimum absolute atomic E-state index is 0. The Balaban J connectivity index is 0.000000405. The molecule has 9 heavy (non-hydrogen) atoms. The van der Waals surface area contributed by atoms with E-state index in [1.807, 2.05) is 0 Å². The molecule has 0 aromatic carbocycles. The summed E-state index contributed by atoms with van der Waals surface area (Å²) in [5.74, 6) is 0. The fourth-order valence-corrected chi connectivity index (χ4v) is 3.00. The van der Waals surface area contributed by atoms with Crippen LogP contribution in [0, 0.1) is 0 Å². The molecular formula is C6H12ClNS. The number of hydrogen-bond acceptors (Lipinski definition) is 2. The van der Waals surface area contributed by atoms with E-state index in [9.17, 15) is 0 Å². The lowest BCUT2D eigenvalue weighted by molar-refractivity contribution is 0.690. The molecule has 0 aromatic rings. The topological polar surface area (TPSA) is 12.0 Å². The van der Waals surface area contributed by atoms with Crippen LogP contribution in [0.15, 0.2) is 0 Å². The van der Waals surface area contributed by atoms with Gasteiger partial charge >= 0.3 is 0 Å². The number of hydrogen-bond donors (Lipinski definition) is 1. The van der Waals surface area contributed by atoms with Gasteiger partial charge in [0, 0.05) is 23.6 Å². The molecule has 2 atom stereocenters. The fourth-order valence-electron chi connectivity index (χ4n) is 1.49. The molecule has 0 unspecified atom stereocenters. The van der Waals surface area contributed by atoms with Gasteiger partial charge in [-0.3, -0.25) is 0 Å². The summed E-state index contributed by atoms with van der Waals surface area (Å²) in [6.07, 6.45) is 2.92. The highest BCUT2D eigenvalue weighted by Gasteiger charge is 2.28. The predicted molar refractivity (Wildman–Crippen MR) is 44.5 cm³/mol. The highest BCUT2D eigenvalue weighted by Crippen LogP contribution is 2.35. The first-order valence-electron chi connectivity index (χ1n) is 3.31. The monoisotopic (exact) mass is 165 g/mol.